The summed E-state index contributed by atoms with van der Waals surface area (Å²) in [4.78, 5) is 2.26. The average Bonchev–Trinajstić information content (AvgIpc) is 3.14. The van der Waals surface area contributed by atoms with Crippen molar-refractivity contribution in [2.24, 2.45) is 7.05 Å². The Morgan fingerprint density at radius 3 is 2.58 bits per heavy atom. The molecule has 1 aromatic carbocycles. The van der Waals surface area contributed by atoms with E-state index in [-0.39, 0.29) is 0 Å². The van der Waals surface area contributed by atoms with Crippen LogP contribution in [0.15, 0.2) is 36.5 Å². The summed E-state index contributed by atoms with van der Waals surface area (Å²) in [5.41, 5.74) is 1.33. The topological polar surface area (TPSA) is 33.1 Å². The van der Waals surface area contributed by atoms with Gasteiger partial charge < -0.3 is 5.32 Å². The summed E-state index contributed by atoms with van der Waals surface area (Å²) in [6.07, 6.45) is -1.32. The summed E-state index contributed by atoms with van der Waals surface area (Å²) < 4.78 is 39.5. The zero-order valence-electron chi connectivity index (χ0n) is 13.6. The molecule has 2 aromatic rings. The van der Waals surface area contributed by atoms with Crippen LogP contribution in [0.25, 0.3) is 0 Å². The van der Waals surface area contributed by atoms with Gasteiger partial charge in [-0.2, -0.15) is 18.3 Å². The first-order valence-electron chi connectivity index (χ1n) is 8.00. The number of nitrogens with zero attached hydrogens (tertiary/aromatic N) is 3. The fourth-order valence-electron chi connectivity index (χ4n) is 3.01. The standard InChI is InChI=1S/C17H21F3N4/c1-23-8-6-15(22-23)10-21-16-7-9-24(12-16)11-13-2-4-14(5-3-13)17(18,19)20/h2-6,8,16,21H,7,9-12H2,1H3/t16-/m0/s1. The number of hydrogen-bond acceptors (Lipinski definition) is 3. The second-order valence-electron chi connectivity index (χ2n) is 6.28. The van der Waals surface area contributed by atoms with Crippen molar-refractivity contribution in [2.75, 3.05) is 13.1 Å². The second-order valence-corrected chi connectivity index (χ2v) is 6.28. The summed E-state index contributed by atoms with van der Waals surface area (Å²) >= 11 is 0. The van der Waals surface area contributed by atoms with Crippen molar-refractivity contribution in [1.29, 1.82) is 0 Å². The van der Waals surface area contributed by atoms with Gasteiger partial charge in [0.2, 0.25) is 0 Å². The highest BCUT2D eigenvalue weighted by molar-refractivity contribution is 5.24. The maximum Gasteiger partial charge on any atom is 0.416 e. The Morgan fingerprint density at radius 1 is 1.21 bits per heavy atom. The van der Waals surface area contributed by atoms with E-state index in [4.69, 9.17) is 0 Å². The highest BCUT2D eigenvalue weighted by Crippen LogP contribution is 2.29. The molecule has 1 aromatic heterocycles. The Hall–Kier alpha value is -1.86. The second kappa shape index (κ2) is 6.94. The van der Waals surface area contributed by atoms with Crippen molar-refractivity contribution in [1.82, 2.24) is 20.0 Å². The first kappa shape index (κ1) is 17.0. The fraction of sp³-hybridized carbons (Fsp3) is 0.471. The molecule has 1 saturated heterocycles. The van der Waals surface area contributed by atoms with Gasteiger partial charge in [-0.1, -0.05) is 12.1 Å². The Balaban J connectivity index is 1.47. The van der Waals surface area contributed by atoms with Crippen LogP contribution in [0, 0.1) is 0 Å². The van der Waals surface area contributed by atoms with Gasteiger partial charge in [0.1, 0.15) is 0 Å². The zero-order chi connectivity index (χ0) is 17.2. The van der Waals surface area contributed by atoms with Crippen molar-refractivity contribution in [3.05, 3.63) is 53.3 Å². The minimum absolute atomic E-state index is 0.390. The van der Waals surface area contributed by atoms with Gasteiger partial charge in [-0.3, -0.25) is 9.58 Å². The molecule has 24 heavy (non-hydrogen) atoms. The molecule has 0 bridgehead atoms. The number of alkyl halides is 3. The van der Waals surface area contributed by atoms with Gasteiger partial charge in [0.05, 0.1) is 11.3 Å². The van der Waals surface area contributed by atoms with Crippen LogP contribution in [0.5, 0.6) is 0 Å². The predicted molar refractivity (Wildman–Crippen MR) is 85.2 cm³/mol. The van der Waals surface area contributed by atoms with E-state index in [0.29, 0.717) is 12.6 Å². The molecule has 0 spiro atoms. The minimum Gasteiger partial charge on any atom is -0.307 e. The first-order valence-corrected chi connectivity index (χ1v) is 8.00. The number of aryl methyl sites for hydroxylation is 1. The van der Waals surface area contributed by atoms with Crippen LogP contribution in [0.2, 0.25) is 0 Å². The molecule has 1 fully saturated rings. The highest BCUT2D eigenvalue weighted by atomic mass is 19.4. The summed E-state index contributed by atoms with van der Waals surface area (Å²) in [6, 6.07) is 7.82. The molecule has 1 aliphatic heterocycles. The normalized spacial score (nSPS) is 19.1. The van der Waals surface area contributed by atoms with E-state index in [9.17, 15) is 13.2 Å². The molecule has 0 aliphatic carbocycles. The summed E-state index contributed by atoms with van der Waals surface area (Å²) in [6.45, 7) is 3.26. The average molecular weight is 338 g/mol. The van der Waals surface area contributed by atoms with Gasteiger partial charge in [0.15, 0.2) is 0 Å². The quantitative estimate of drug-likeness (QED) is 0.910. The van der Waals surface area contributed by atoms with Crippen molar-refractivity contribution in [3.8, 4) is 0 Å². The van der Waals surface area contributed by atoms with Gasteiger partial charge in [0, 0.05) is 45.5 Å². The van der Waals surface area contributed by atoms with Crippen molar-refractivity contribution >= 4 is 0 Å². The van der Waals surface area contributed by atoms with E-state index in [1.54, 1.807) is 16.8 Å². The molecule has 4 nitrogen and oxygen atoms in total. The maximum absolute atomic E-state index is 12.6. The molecule has 3 rings (SSSR count). The summed E-state index contributed by atoms with van der Waals surface area (Å²) in [7, 11) is 1.89. The van der Waals surface area contributed by atoms with Crippen LogP contribution in [0.4, 0.5) is 13.2 Å². The van der Waals surface area contributed by atoms with Crippen LogP contribution in [0.3, 0.4) is 0 Å². The van der Waals surface area contributed by atoms with Crippen LogP contribution in [-0.2, 0) is 26.3 Å². The fourth-order valence-corrected chi connectivity index (χ4v) is 3.01. The Kier molecular flexibility index (Phi) is 4.91. The lowest BCUT2D eigenvalue weighted by atomic mass is 10.1. The SMILES string of the molecule is Cn1ccc(CN[C@H]2CCN(Cc3ccc(C(F)(F)F)cc3)C2)n1. The lowest BCUT2D eigenvalue weighted by Gasteiger charge is -2.17. The lowest BCUT2D eigenvalue weighted by Crippen LogP contribution is -2.32. The minimum atomic E-state index is -4.27. The van der Waals surface area contributed by atoms with E-state index in [1.165, 1.54) is 0 Å². The van der Waals surface area contributed by atoms with Gasteiger partial charge in [0.25, 0.3) is 0 Å². The Labute approximate surface area is 139 Å². The predicted octanol–water partition coefficient (Wildman–Crippen LogP) is 2.80. The van der Waals surface area contributed by atoms with Crippen molar-refractivity contribution in [2.45, 2.75) is 31.7 Å². The molecule has 130 valence electrons. The summed E-state index contributed by atoms with van der Waals surface area (Å²) in [5.74, 6) is 0. The number of benzene rings is 1. The number of hydrogen-bond donors (Lipinski definition) is 1. The van der Waals surface area contributed by atoms with Gasteiger partial charge >= 0.3 is 6.18 Å². The molecule has 1 aliphatic rings. The van der Waals surface area contributed by atoms with E-state index in [2.05, 4.69) is 15.3 Å². The lowest BCUT2D eigenvalue weighted by molar-refractivity contribution is -0.137. The van der Waals surface area contributed by atoms with E-state index < -0.39 is 11.7 Å². The number of rotatable bonds is 5. The molecule has 0 amide bonds. The monoisotopic (exact) mass is 338 g/mol. The first-order chi connectivity index (χ1) is 11.4. The van der Waals surface area contributed by atoms with Crippen molar-refractivity contribution < 1.29 is 13.2 Å². The van der Waals surface area contributed by atoms with Gasteiger partial charge in [-0.15, -0.1) is 0 Å². The summed E-state index contributed by atoms with van der Waals surface area (Å²) in [5, 5.41) is 7.82. The van der Waals surface area contributed by atoms with Crippen molar-refractivity contribution in [3.63, 3.8) is 0 Å². The highest BCUT2D eigenvalue weighted by Gasteiger charge is 2.30. The van der Waals surface area contributed by atoms with E-state index in [1.807, 2.05) is 19.3 Å². The van der Waals surface area contributed by atoms with Crippen LogP contribution in [0.1, 0.15) is 23.2 Å². The Morgan fingerprint density at radius 2 is 1.96 bits per heavy atom. The third-order valence-corrected chi connectivity index (χ3v) is 4.30. The number of nitrogens with one attached hydrogen (secondary N) is 1. The molecule has 1 atom stereocenters. The smallest absolute Gasteiger partial charge is 0.307 e. The molecule has 2 heterocycles. The van der Waals surface area contributed by atoms with Gasteiger partial charge in [-0.05, 0) is 30.2 Å². The molecule has 0 unspecified atom stereocenters. The molecular formula is C17H21F3N4. The zero-order valence-corrected chi connectivity index (χ0v) is 13.6. The van der Waals surface area contributed by atoms with E-state index in [0.717, 1.165) is 49.4 Å². The third kappa shape index (κ3) is 4.36. The maximum atomic E-state index is 12.6. The molecule has 0 radical (unpaired) electrons. The van der Waals surface area contributed by atoms with E-state index >= 15 is 0 Å². The number of aromatic nitrogens is 2. The largest absolute Gasteiger partial charge is 0.416 e. The van der Waals surface area contributed by atoms with Crippen LogP contribution < -0.4 is 5.32 Å². The van der Waals surface area contributed by atoms with Crippen LogP contribution >= 0.6 is 0 Å². The molecular weight excluding hydrogens is 317 g/mol. The number of likely N-dealkylation sites (tertiary alicyclic amines) is 1. The van der Waals surface area contributed by atoms with Crippen LogP contribution in [-0.4, -0.2) is 33.8 Å². The Bertz CT molecular complexity index is 663. The third-order valence-electron chi connectivity index (χ3n) is 4.30. The molecule has 7 heteroatoms. The van der Waals surface area contributed by atoms with Gasteiger partial charge in [-0.25, -0.2) is 0 Å². The number of halogens is 3. The molecule has 0 saturated carbocycles. The molecule has 1 N–H and O–H groups in total.